The van der Waals surface area contributed by atoms with Crippen LogP contribution in [0.2, 0.25) is 0 Å². The minimum Gasteiger partial charge on any atom is -0.467 e. The van der Waals surface area contributed by atoms with Crippen molar-refractivity contribution >= 4 is 23.9 Å². The van der Waals surface area contributed by atoms with Gasteiger partial charge in [-0.15, -0.1) is 0 Å². The van der Waals surface area contributed by atoms with Gasteiger partial charge in [0.05, 0.1) is 7.11 Å². The molecule has 0 aliphatic heterocycles. The van der Waals surface area contributed by atoms with Crippen molar-refractivity contribution in [1.29, 1.82) is 0 Å². The smallest absolute Gasteiger partial charge is 0.408 e. The van der Waals surface area contributed by atoms with E-state index in [1.54, 1.807) is 121 Å². The number of methoxy groups -OCH3 is 1. The number of hydrogen-bond donors (Lipinski definition) is 3. The van der Waals surface area contributed by atoms with Gasteiger partial charge in [0.25, 0.3) is 5.91 Å². The third-order valence-electron chi connectivity index (χ3n) is 8.46. The molecule has 0 saturated carbocycles. The molecule has 254 valence electrons. The molecule has 0 aliphatic carbocycles. The van der Waals surface area contributed by atoms with Crippen LogP contribution in [0, 0.1) is 0 Å². The largest absolute Gasteiger partial charge is 0.467 e. The fourth-order valence-corrected chi connectivity index (χ4v) is 5.80. The van der Waals surface area contributed by atoms with E-state index in [0.29, 0.717) is 22.3 Å². The number of esters is 1. The molecule has 3 amide bonds. The Balaban J connectivity index is 1.61. The number of nitrogens with one attached hydrogen (secondary N) is 3. The van der Waals surface area contributed by atoms with E-state index in [4.69, 9.17) is 9.47 Å². The Morgan fingerprint density at radius 3 is 1.26 bits per heavy atom. The highest BCUT2D eigenvalue weighted by molar-refractivity contribution is 6.02. The van der Waals surface area contributed by atoms with Crippen molar-refractivity contribution in [2.75, 3.05) is 7.11 Å². The van der Waals surface area contributed by atoms with Crippen molar-refractivity contribution in [3.63, 3.8) is 0 Å². The topological polar surface area (TPSA) is 123 Å². The fourth-order valence-electron chi connectivity index (χ4n) is 5.80. The van der Waals surface area contributed by atoms with Gasteiger partial charge in [-0.25, -0.2) is 9.59 Å². The summed E-state index contributed by atoms with van der Waals surface area (Å²) < 4.78 is 10.8. The molecule has 5 aromatic rings. The van der Waals surface area contributed by atoms with E-state index in [-0.39, 0.29) is 6.61 Å². The van der Waals surface area contributed by atoms with Crippen LogP contribution in [0.5, 0.6) is 0 Å². The SMILES string of the molecule is COC(=O)C(NC(=O)C(NC(=O)C(C)(C)NC(=O)OCc1ccccc1)(c1ccccc1)c1ccccc1)(c1ccccc1)c1ccccc1. The van der Waals surface area contributed by atoms with Crippen molar-refractivity contribution in [2.45, 2.75) is 37.1 Å². The van der Waals surface area contributed by atoms with Crippen LogP contribution >= 0.6 is 0 Å². The van der Waals surface area contributed by atoms with Crippen LogP contribution in [0.25, 0.3) is 0 Å². The van der Waals surface area contributed by atoms with E-state index >= 15 is 4.79 Å². The Kier molecular flexibility index (Phi) is 10.8. The first kappa shape index (κ1) is 35.1. The van der Waals surface area contributed by atoms with Crippen molar-refractivity contribution in [1.82, 2.24) is 16.0 Å². The quantitative estimate of drug-likeness (QED) is 0.141. The van der Waals surface area contributed by atoms with Crippen LogP contribution in [-0.4, -0.2) is 36.5 Å². The summed E-state index contributed by atoms with van der Waals surface area (Å²) in [6.45, 7) is 3.02. The molecule has 9 nitrogen and oxygen atoms in total. The van der Waals surface area contributed by atoms with Gasteiger partial charge in [-0.05, 0) is 41.7 Å². The minimum atomic E-state index is -1.92. The lowest BCUT2D eigenvalue weighted by atomic mass is 9.77. The van der Waals surface area contributed by atoms with Crippen LogP contribution in [-0.2, 0) is 41.5 Å². The number of hydrogen-bond acceptors (Lipinski definition) is 6. The second-order valence-corrected chi connectivity index (χ2v) is 12.2. The summed E-state index contributed by atoms with van der Waals surface area (Å²) >= 11 is 0. The Morgan fingerprint density at radius 2 is 0.860 bits per heavy atom. The molecule has 0 fully saturated rings. The predicted molar refractivity (Wildman–Crippen MR) is 189 cm³/mol. The van der Waals surface area contributed by atoms with Crippen molar-refractivity contribution < 1.29 is 28.7 Å². The summed E-state index contributed by atoms with van der Waals surface area (Å²) in [6, 6.07) is 44.1. The molecular formula is C41H39N3O6. The summed E-state index contributed by atoms with van der Waals surface area (Å²) in [5.41, 5.74) is -2.86. The molecule has 0 aliphatic rings. The van der Waals surface area contributed by atoms with Gasteiger partial charge >= 0.3 is 12.1 Å². The maximum atomic E-state index is 15.3. The monoisotopic (exact) mass is 669 g/mol. The van der Waals surface area contributed by atoms with Gasteiger partial charge in [0.2, 0.25) is 5.91 Å². The number of amides is 3. The maximum Gasteiger partial charge on any atom is 0.408 e. The minimum absolute atomic E-state index is 0.000665. The molecule has 0 spiro atoms. The lowest BCUT2D eigenvalue weighted by molar-refractivity contribution is -0.150. The lowest BCUT2D eigenvalue weighted by Gasteiger charge is -2.41. The lowest BCUT2D eigenvalue weighted by Crippen LogP contribution is -2.66. The van der Waals surface area contributed by atoms with E-state index < -0.39 is 40.5 Å². The zero-order chi connectivity index (χ0) is 35.6. The number of benzene rings is 5. The fraction of sp³-hybridized carbons (Fsp3) is 0.171. The average Bonchev–Trinajstić information content (AvgIpc) is 3.16. The highest BCUT2D eigenvalue weighted by Gasteiger charge is 2.52. The first-order valence-electron chi connectivity index (χ1n) is 16.1. The average molecular weight is 670 g/mol. The van der Waals surface area contributed by atoms with Crippen molar-refractivity contribution in [3.05, 3.63) is 179 Å². The van der Waals surface area contributed by atoms with Crippen LogP contribution in [0.1, 0.15) is 41.7 Å². The molecule has 0 atom stereocenters. The van der Waals surface area contributed by atoms with Gasteiger partial charge in [-0.2, -0.15) is 0 Å². The summed E-state index contributed by atoms with van der Waals surface area (Å²) in [6.07, 6.45) is -0.818. The van der Waals surface area contributed by atoms with E-state index in [1.807, 2.05) is 30.3 Å². The van der Waals surface area contributed by atoms with Gasteiger partial charge in [0.15, 0.2) is 11.1 Å². The second-order valence-electron chi connectivity index (χ2n) is 12.2. The van der Waals surface area contributed by atoms with Crippen LogP contribution in [0.3, 0.4) is 0 Å². The van der Waals surface area contributed by atoms with E-state index in [9.17, 15) is 14.4 Å². The molecule has 3 N–H and O–H groups in total. The first-order valence-corrected chi connectivity index (χ1v) is 16.1. The summed E-state index contributed by atoms with van der Waals surface area (Å²) in [7, 11) is 1.25. The highest BCUT2D eigenvalue weighted by atomic mass is 16.5. The number of rotatable bonds is 12. The Morgan fingerprint density at radius 1 is 0.500 bits per heavy atom. The number of carbonyl (C=O) groups excluding carboxylic acids is 4. The van der Waals surface area contributed by atoms with Crippen molar-refractivity contribution in [3.8, 4) is 0 Å². The van der Waals surface area contributed by atoms with E-state index in [0.717, 1.165) is 5.56 Å². The summed E-state index contributed by atoms with van der Waals surface area (Å²) in [5, 5.41) is 8.68. The maximum absolute atomic E-state index is 15.3. The predicted octanol–water partition coefficient (Wildman–Crippen LogP) is 5.98. The molecule has 0 aromatic heterocycles. The van der Waals surface area contributed by atoms with Gasteiger partial charge in [0, 0.05) is 0 Å². The standard InChI is InChI=1S/C41H39N3O6/c1-39(2,44-38(48)50-29-30-19-9-4-10-20-30)35(45)42-40(31-21-11-5-12-22-31,32-23-13-6-14-24-32)36(46)43-41(37(47)49-3,33-25-15-7-16-26-33)34-27-17-8-18-28-34/h4-28H,29H2,1-3H3,(H,42,45)(H,43,46)(H,44,48). The van der Waals surface area contributed by atoms with Crippen LogP contribution in [0.4, 0.5) is 4.79 Å². The first-order chi connectivity index (χ1) is 24.1. The van der Waals surface area contributed by atoms with Crippen LogP contribution < -0.4 is 16.0 Å². The molecule has 5 rings (SSSR count). The molecule has 0 heterocycles. The molecule has 0 radical (unpaired) electrons. The van der Waals surface area contributed by atoms with Crippen molar-refractivity contribution in [2.24, 2.45) is 0 Å². The molecule has 50 heavy (non-hydrogen) atoms. The number of carbonyl (C=O) groups is 4. The zero-order valence-corrected chi connectivity index (χ0v) is 28.1. The van der Waals surface area contributed by atoms with Crippen LogP contribution in [0.15, 0.2) is 152 Å². The second kappa shape index (κ2) is 15.3. The van der Waals surface area contributed by atoms with E-state index in [1.165, 1.54) is 21.0 Å². The zero-order valence-electron chi connectivity index (χ0n) is 28.1. The summed E-state index contributed by atoms with van der Waals surface area (Å²) in [5.74, 6) is -2.17. The number of alkyl carbamates (subject to hydrolysis) is 1. The molecule has 0 saturated heterocycles. The highest BCUT2D eigenvalue weighted by Crippen LogP contribution is 2.36. The molecular weight excluding hydrogens is 630 g/mol. The Bertz CT molecular complexity index is 1820. The van der Waals surface area contributed by atoms with Gasteiger partial charge in [0.1, 0.15) is 12.1 Å². The molecule has 0 unspecified atom stereocenters. The van der Waals surface area contributed by atoms with Gasteiger partial charge < -0.3 is 25.4 Å². The molecule has 5 aromatic carbocycles. The van der Waals surface area contributed by atoms with E-state index in [2.05, 4.69) is 16.0 Å². The Hall–Kier alpha value is -6.22. The van der Waals surface area contributed by atoms with Gasteiger partial charge in [-0.1, -0.05) is 152 Å². The normalized spacial score (nSPS) is 11.5. The summed E-state index contributed by atoms with van der Waals surface area (Å²) in [4.78, 5) is 56.7. The third-order valence-corrected chi connectivity index (χ3v) is 8.46. The molecule has 0 bridgehead atoms. The third kappa shape index (κ3) is 7.27. The number of ether oxygens (including phenoxy) is 2. The molecule has 9 heteroatoms. The van der Waals surface area contributed by atoms with Gasteiger partial charge in [-0.3, -0.25) is 9.59 Å². The Labute approximate surface area is 291 Å².